The van der Waals surface area contributed by atoms with Crippen molar-refractivity contribution < 1.29 is 0 Å². The summed E-state index contributed by atoms with van der Waals surface area (Å²) in [6.45, 7) is 3.61. The zero-order chi connectivity index (χ0) is 9.86. The summed E-state index contributed by atoms with van der Waals surface area (Å²) < 4.78 is 0. The fraction of sp³-hybridized carbons (Fsp3) is 1.00. The summed E-state index contributed by atoms with van der Waals surface area (Å²) in [5, 5.41) is 3.76. The molecule has 0 spiro atoms. The topological polar surface area (TPSA) is 12.0 Å². The summed E-state index contributed by atoms with van der Waals surface area (Å²) in [6, 6.07) is 0. The Bertz CT molecular complexity index is 169. The highest BCUT2D eigenvalue weighted by atomic mass is 32.2. The van der Waals surface area contributed by atoms with E-state index in [4.69, 9.17) is 0 Å². The van der Waals surface area contributed by atoms with Crippen LogP contribution >= 0.6 is 11.8 Å². The van der Waals surface area contributed by atoms with E-state index in [2.05, 4.69) is 24.0 Å². The SMILES string of the molecule is CCC1(CC2CCCSC2)CCCN1. The molecule has 0 bridgehead atoms. The highest BCUT2D eigenvalue weighted by Gasteiger charge is 2.34. The highest BCUT2D eigenvalue weighted by molar-refractivity contribution is 7.99. The van der Waals surface area contributed by atoms with Gasteiger partial charge in [-0.05, 0) is 62.5 Å². The Labute approximate surface area is 92.4 Å². The molecule has 0 aliphatic carbocycles. The monoisotopic (exact) mass is 213 g/mol. The van der Waals surface area contributed by atoms with Crippen LogP contribution in [-0.2, 0) is 0 Å². The van der Waals surface area contributed by atoms with Crippen LogP contribution in [0, 0.1) is 5.92 Å². The molecule has 0 aromatic heterocycles. The molecule has 1 N–H and O–H groups in total. The third-order valence-electron chi connectivity index (χ3n) is 3.94. The molecule has 2 heteroatoms. The largest absolute Gasteiger partial charge is 0.311 e. The Morgan fingerprint density at radius 2 is 2.36 bits per heavy atom. The van der Waals surface area contributed by atoms with Gasteiger partial charge in [0.05, 0.1) is 0 Å². The second-order valence-electron chi connectivity index (χ2n) is 4.95. The van der Waals surface area contributed by atoms with Gasteiger partial charge in [0.1, 0.15) is 0 Å². The standard InChI is InChI=1S/C12H23NS/c1-2-12(6-4-7-13-12)9-11-5-3-8-14-10-11/h11,13H,2-10H2,1H3. The van der Waals surface area contributed by atoms with Crippen LogP contribution < -0.4 is 5.32 Å². The number of rotatable bonds is 3. The van der Waals surface area contributed by atoms with Crippen molar-refractivity contribution in [1.82, 2.24) is 5.32 Å². The first-order chi connectivity index (χ1) is 6.85. The van der Waals surface area contributed by atoms with Crippen molar-refractivity contribution in [3.8, 4) is 0 Å². The zero-order valence-corrected chi connectivity index (χ0v) is 10.2. The molecule has 2 atom stereocenters. The maximum atomic E-state index is 3.76. The molecule has 0 aromatic carbocycles. The first-order valence-corrected chi connectivity index (χ1v) is 7.33. The van der Waals surface area contributed by atoms with Gasteiger partial charge in [0.2, 0.25) is 0 Å². The Kier molecular flexibility index (Phi) is 3.78. The molecule has 82 valence electrons. The van der Waals surface area contributed by atoms with E-state index in [-0.39, 0.29) is 0 Å². The van der Waals surface area contributed by atoms with Gasteiger partial charge in [-0.1, -0.05) is 6.92 Å². The molecule has 2 aliphatic heterocycles. The summed E-state index contributed by atoms with van der Waals surface area (Å²) in [7, 11) is 0. The van der Waals surface area contributed by atoms with Gasteiger partial charge >= 0.3 is 0 Å². The fourth-order valence-electron chi connectivity index (χ4n) is 3.01. The van der Waals surface area contributed by atoms with Crippen LogP contribution in [0.1, 0.15) is 45.4 Å². The molecule has 14 heavy (non-hydrogen) atoms. The molecule has 0 saturated carbocycles. The second kappa shape index (κ2) is 4.89. The third kappa shape index (κ3) is 2.46. The zero-order valence-electron chi connectivity index (χ0n) is 9.35. The minimum atomic E-state index is 0.530. The van der Waals surface area contributed by atoms with Crippen LogP contribution in [0.15, 0.2) is 0 Å². The molecule has 2 aliphatic rings. The van der Waals surface area contributed by atoms with Gasteiger partial charge in [0, 0.05) is 5.54 Å². The molecule has 2 fully saturated rings. The van der Waals surface area contributed by atoms with Gasteiger partial charge in [0.25, 0.3) is 0 Å². The fourth-order valence-corrected chi connectivity index (χ4v) is 4.17. The average molecular weight is 213 g/mol. The number of hydrogen-bond donors (Lipinski definition) is 1. The number of hydrogen-bond acceptors (Lipinski definition) is 2. The minimum absolute atomic E-state index is 0.530. The summed E-state index contributed by atoms with van der Waals surface area (Å²) in [5.41, 5.74) is 0.530. The summed E-state index contributed by atoms with van der Waals surface area (Å²) in [6.07, 6.45) is 8.52. The highest BCUT2D eigenvalue weighted by Crippen LogP contribution is 2.35. The van der Waals surface area contributed by atoms with E-state index in [1.54, 1.807) is 0 Å². The smallest absolute Gasteiger partial charge is 0.0182 e. The van der Waals surface area contributed by atoms with Crippen LogP contribution in [0.5, 0.6) is 0 Å². The molecule has 0 amide bonds. The van der Waals surface area contributed by atoms with Crippen molar-refractivity contribution in [1.29, 1.82) is 0 Å². The van der Waals surface area contributed by atoms with Gasteiger partial charge in [-0.3, -0.25) is 0 Å². The maximum Gasteiger partial charge on any atom is 0.0182 e. The van der Waals surface area contributed by atoms with Crippen LogP contribution in [0.25, 0.3) is 0 Å². The molecule has 2 saturated heterocycles. The van der Waals surface area contributed by atoms with Crippen LogP contribution in [0.3, 0.4) is 0 Å². The average Bonchev–Trinajstić information content (AvgIpc) is 2.69. The van der Waals surface area contributed by atoms with Gasteiger partial charge < -0.3 is 5.32 Å². The quantitative estimate of drug-likeness (QED) is 0.773. The predicted molar refractivity (Wildman–Crippen MR) is 64.9 cm³/mol. The molecule has 0 aromatic rings. The molecule has 0 radical (unpaired) electrons. The normalized spacial score (nSPS) is 38.8. The van der Waals surface area contributed by atoms with E-state index in [0.29, 0.717) is 5.54 Å². The molecule has 2 heterocycles. The van der Waals surface area contributed by atoms with Crippen molar-refractivity contribution in [3.63, 3.8) is 0 Å². The Hall–Kier alpha value is 0.310. The summed E-state index contributed by atoms with van der Waals surface area (Å²) in [5.74, 6) is 3.83. The van der Waals surface area contributed by atoms with Crippen LogP contribution in [-0.4, -0.2) is 23.6 Å². The summed E-state index contributed by atoms with van der Waals surface area (Å²) in [4.78, 5) is 0. The number of nitrogens with one attached hydrogen (secondary N) is 1. The van der Waals surface area contributed by atoms with E-state index in [9.17, 15) is 0 Å². The second-order valence-corrected chi connectivity index (χ2v) is 6.10. The minimum Gasteiger partial charge on any atom is -0.311 e. The van der Waals surface area contributed by atoms with E-state index in [1.807, 2.05) is 0 Å². The molecular formula is C12H23NS. The lowest BCUT2D eigenvalue weighted by molar-refractivity contribution is 0.276. The molecule has 2 rings (SSSR count). The Morgan fingerprint density at radius 1 is 1.43 bits per heavy atom. The van der Waals surface area contributed by atoms with Crippen molar-refractivity contribution in [2.45, 2.75) is 51.0 Å². The van der Waals surface area contributed by atoms with Gasteiger partial charge in [0.15, 0.2) is 0 Å². The molecule has 1 nitrogen and oxygen atoms in total. The van der Waals surface area contributed by atoms with Gasteiger partial charge in [-0.15, -0.1) is 0 Å². The number of thioether (sulfide) groups is 1. The van der Waals surface area contributed by atoms with Gasteiger partial charge in [-0.2, -0.15) is 11.8 Å². The van der Waals surface area contributed by atoms with Crippen molar-refractivity contribution >= 4 is 11.8 Å². The van der Waals surface area contributed by atoms with Crippen LogP contribution in [0.2, 0.25) is 0 Å². The van der Waals surface area contributed by atoms with Crippen molar-refractivity contribution in [3.05, 3.63) is 0 Å². The van der Waals surface area contributed by atoms with E-state index in [1.165, 1.54) is 56.6 Å². The van der Waals surface area contributed by atoms with E-state index in [0.717, 1.165) is 5.92 Å². The van der Waals surface area contributed by atoms with E-state index >= 15 is 0 Å². The Balaban J connectivity index is 1.86. The maximum absolute atomic E-state index is 3.76. The van der Waals surface area contributed by atoms with Crippen LogP contribution in [0.4, 0.5) is 0 Å². The van der Waals surface area contributed by atoms with Crippen molar-refractivity contribution in [2.75, 3.05) is 18.1 Å². The lowest BCUT2D eigenvalue weighted by Gasteiger charge is -2.34. The molecular weight excluding hydrogens is 190 g/mol. The van der Waals surface area contributed by atoms with Crippen molar-refractivity contribution in [2.24, 2.45) is 5.92 Å². The Morgan fingerprint density at radius 3 is 2.93 bits per heavy atom. The first kappa shape index (κ1) is 10.8. The predicted octanol–water partition coefficient (Wildman–Crippen LogP) is 3.05. The third-order valence-corrected chi connectivity index (χ3v) is 5.23. The first-order valence-electron chi connectivity index (χ1n) is 6.17. The van der Waals surface area contributed by atoms with Gasteiger partial charge in [-0.25, -0.2) is 0 Å². The molecule has 2 unspecified atom stereocenters. The lowest BCUT2D eigenvalue weighted by atomic mass is 9.83. The lowest BCUT2D eigenvalue weighted by Crippen LogP contribution is -2.41. The van der Waals surface area contributed by atoms with E-state index < -0.39 is 0 Å². The summed E-state index contributed by atoms with van der Waals surface area (Å²) >= 11 is 2.17.